The highest BCUT2D eigenvalue weighted by Gasteiger charge is 2.14. The van der Waals surface area contributed by atoms with E-state index in [1.807, 2.05) is 38.1 Å². The number of carbonyl (C=O) groups excluding carboxylic acids is 2. The van der Waals surface area contributed by atoms with E-state index in [1.165, 1.54) is 0 Å². The molecule has 0 saturated heterocycles. The van der Waals surface area contributed by atoms with Crippen LogP contribution >= 0.6 is 0 Å². The number of aryl methyl sites for hydroxylation is 2. The van der Waals surface area contributed by atoms with Crippen molar-refractivity contribution in [2.24, 2.45) is 0 Å². The van der Waals surface area contributed by atoms with E-state index < -0.39 is 0 Å². The third-order valence-corrected chi connectivity index (χ3v) is 3.75. The van der Waals surface area contributed by atoms with Crippen molar-refractivity contribution in [1.82, 2.24) is 20.4 Å². The summed E-state index contributed by atoms with van der Waals surface area (Å²) in [5, 5.41) is 9.63. The number of rotatable bonds is 8. The monoisotopic (exact) mass is 344 g/mol. The fourth-order valence-corrected chi connectivity index (χ4v) is 2.53. The number of nitrogens with zero attached hydrogens (tertiary/aromatic N) is 2. The smallest absolute Gasteiger partial charge is 0.269 e. The van der Waals surface area contributed by atoms with Crippen LogP contribution in [0.5, 0.6) is 5.75 Å². The van der Waals surface area contributed by atoms with Crippen molar-refractivity contribution in [3.05, 3.63) is 47.3 Å². The van der Waals surface area contributed by atoms with Crippen LogP contribution in [0.2, 0.25) is 0 Å². The number of ether oxygens (including phenoxy) is 1. The van der Waals surface area contributed by atoms with E-state index in [-0.39, 0.29) is 18.4 Å². The zero-order valence-electron chi connectivity index (χ0n) is 14.8. The fourth-order valence-electron chi connectivity index (χ4n) is 2.53. The maximum atomic E-state index is 12.2. The first-order valence-electron chi connectivity index (χ1n) is 8.26. The van der Waals surface area contributed by atoms with Crippen LogP contribution < -0.4 is 15.4 Å². The van der Waals surface area contributed by atoms with Gasteiger partial charge in [-0.2, -0.15) is 5.10 Å². The molecule has 1 heterocycles. The molecule has 0 bridgehead atoms. The molecule has 0 aliphatic rings. The van der Waals surface area contributed by atoms with Crippen molar-refractivity contribution in [3.63, 3.8) is 0 Å². The number of hydrogen-bond acceptors (Lipinski definition) is 4. The SMILES string of the molecule is CCn1nc(C)cc1C(=O)NCC(=O)NCCc1ccccc1OC. The number of methoxy groups -OCH3 is 1. The number of carbonyl (C=O) groups is 2. The quantitative estimate of drug-likeness (QED) is 0.756. The summed E-state index contributed by atoms with van der Waals surface area (Å²) < 4.78 is 6.89. The van der Waals surface area contributed by atoms with Crippen LogP contribution in [-0.4, -0.2) is 41.8 Å². The van der Waals surface area contributed by atoms with Gasteiger partial charge >= 0.3 is 0 Å². The fraction of sp³-hybridized carbons (Fsp3) is 0.389. The highest BCUT2D eigenvalue weighted by Crippen LogP contribution is 2.17. The lowest BCUT2D eigenvalue weighted by Gasteiger charge is -2.10. The van der Waals surface area contributed by atoms with Gasteiger partial charge in [-0.1, -0.05) is 18.2 Å². The lowest BCUT2D eigenvalue weighted by molar-refractivity contribution is -0.120. The van der Waals surface area contributed by atoms with Gasteiger partial charge in [0.25, 0.3) is 5.91 Å². The number of hydrogen-bond donors (Lipinski definition) is 2. The molecular formula is C18H24N4O3. The minimum absolute atomic E-state index is 0.0707. The predicted molar refractivity (Wildman–Crippen MR) is 94.7 cm³/mol. The predicted octanol–water partition coefficient (Wildman–Crippen LogP) is 1.31. The van der Waals surface area contributed by atoms with Crippen LogP contribution in [0.25, 0.3) is 0 Å². The number of aromatic nitrogens is 2. The van der Waals surface area contributed by atoms with Crippen molar-refractivity contribution >= 4 is 11.8 Å². The molecule has 1 aromatic heterocycles. The van der Waals surface area contributed by atoms with Gasteiger partial charge in [0.05, 0.1) is 19.3 Å². The van der Waals surface area contributed by atoms with Crippen molar-refractivity contribution in [1.29, 1.82) is 0 Å². The minimum atomic E-state index is -0.303. The third kappa shape index (κ3) is 5.07. The molecule has 0 aliphatic carbocycles. The molecule has 1 aromatic carbocycles. The first kappa shape index (κ1) is 18.5. The zero-order valence-corrected chi connectivity index (χ0v) is 14.8. The summed E-state index contributed by atoms with van der Waals surface area (Å²) in [5.41, 5.74) is 2.26. The summed E-state index contributed by atoms with van der Waals surface area (Å²) in [6.45, 7) is 4.74. The second-order valence-electron chi connectivity index (χ2n) is 5.58. The largest absolute Gasteiger partial charge is 0.496 e. The van der Waals surface area contributed by atoms with Gasteiger partial charge in [0.1, 0.15) is 11.4 Å². The van der Waals surface area contributed by atoms with Gasteiger partial charge in [-0.05, 0) is 38.0 Å². The summed E-state index contributed by atoms with van der Waals surface area (Å²) in [5.74, 6) is 0.262. The number of amides is 2. The van der Waals surface area contributed by atoms with Gasteiger partial charge in [0.2, 0.25) is 5.91 Å². The highest BCUT2D eigenvalue weighted by molar-refractivity contribution is 5.95. The molecule has 7 heteroatoms. The van der Waals surface area contributed by atoms with E-state index in [4.69, 9.17) is 4.74 Å². The Bertz CT molecular complexity index is 740. The van der Waals surface area contributed by atoms with Crippen molar-refractivity contribution in [2.45, 2.75) is 26.8 Å². The maximum Gasteiger partial charge on any atom is 0.269 e. The highest BCUT2D eigenvalue weighted by atomic mass is 16.5. The maximum absolute atomic E-state index is 12.2. The summed E-state index contributed by atoms with van der Waals surface area (Å²) in [6, 6.07) is 9.38. The summed E-state index contributed by atoms with van der Waals surface area (Å²) in [4.78, 5) is 24.1. The average Bonchev–Trinajstić information content (AvgIpc) is 3.01. The molecule has 2 N–H and O–H groups in total. The Labute approximate surface area is 147 Å². The Balaban J connectivity index is 1.78. The standard InChI is InChI=1S/C18H24N4O3/c1-4-22-15(11-13(2)21-22)18(24)20-12-17(23)19-10-9-14-7-5-6-8-16(14)25-3/h5-8,11H,4,9-10,12H2,1-3H3,(H,19,23)(H,20,24). The normalized spacial score (nSPS) is 10.4. The van der Waals surface area contributed by atoms with Crippen molar-refractivity contribution in [3.8, 4) is 5.75 Å². The van der Waals surface area contributed by atoms with Crippen LogP contribution in [0.3, 0.4) is 0 Å². The van der Waals surface area contributed by atoms with Gasteiger partial charge < -0.3 is 15.4 Å². The van der Waals surface area contributed by atoms with Crippen molar-refractivity contribution in [2.75, 3.05) is 20.2 Å². The molecule has 0 radical (unpaired) electrons. The van der Waals surface area contributed by atoms with Crippen LogP contribution in [0.1, 0.15) is 28.7 Å². The van der Waals surface area contributed by atoms with Gasteiger partial charge in [-0.25, -0.2) is 0 Å². The van der Waals surface area contributed by atoms with E-state index in [2.05, 4.69) is 15.7 Å². The first-order valence-corrected chi connectivity index (χ1v) is 8.26. The van der Waals surface area contributed by atoms with E-state index >= 15 is 0 Å². The number of benzene rings is 1. The Morgan fingerprint density at radius 1 is 1.24 bits per heavy atom. The average molecular weight is 344 g/mol. The second-order valence-corrected chi connectivity index (χ2v) is 5.58. The molecule has 134 valence electrons. The Morgan fingerprint density at radius 2 is 2.00 bits per heavy atom. The van der Waals surface area contributed by atoms with Gasteiger partial charge in [0.15, 0.2) is 0 Å². The van der Waals surface area contributed by atoms with Gasteiger partial charge in [0, 0.05) is 13.1 Å². The van der Waals surface area contributed by atoms with Gasteiger partial charge in [-0.3, -0.25) is 14.3 Å². The Morgan fingerprint density at radius 3 is 2.72 bits per heavy atom. The van der Waals surface area contributed by atoms with E-state index in [0.717, 1.165) is 17.0 Å². The molecule has 25 heavy (non-hydrogen) atoms. The van der Waals surface area contributed by atoms with Crippen molar-refractivity contribution < 1.29 is 14.3 Å². The summed E-state index contributed by atoms with van der Waals surface area (Å²) in [6.07, 6.45) is 0.658. The summed E-state index contributed by atoms with van der Waals surface area (Å²) >= 11 is 0. The van der Waals surface area contributed by atoms with E-state index in [0.29, 0.717) is 25.2 Å². The molecular weight excluding hydrogens is 320 g/mol. The zero-order chi connectivity index (χ0) is 18.2. The molecule has 2 amide bonds. The number of nitrogens with one attached hydrogen (secondary N) is 2. The van der Waals surface area contributed by atoms with Gasteiger partial charge in [-0.15, -0.1) is 0 Å². The second kappa shape index (κ2) is 8.86. The molecule has 0 atom stereocenters. The molecule has 0 fully saturated rings. The van der Waals surface area contributed by atoms with Crippen LogP contribution in [-0.2, 0) is 17.8 Å². The summed E-state index contributed by atoms with van der Waals surface area (Å²) in [7, 11) is 1.62. The molecule has 0 saturated carbocycles. The van der Waals surface area contributed by atoms with E-state index in [9.17, 15) is 9.59 Å². The lowest BCUT2D eigenvalue weighted by Crippen LogP contribution is -2.38. The number of para-hydroxylation sites is 1. The first-order chi connectivity index (χ1) is 12.0. The van der Waals surface area contributed by atoms with Crippen LogP contribution in [0.4, 0.5) is 0 Å². The van der Waals surface area contributed by atoms with Crippen LogP contribution in [0, 0.1) is 6.92 Å². The molecule has 0 unspecified atom stereocenters. The topological polar surface area (TPSA) is 85.2 Å². The molecule has 0 aliphatic heterocycles. The molecule has 0 spiro atoms. The lowest BCUT2D eigenvalue weighted by atomic mass is 10.1. The molecule has 2 aromatic rings. The van der Waals surface area contributed by atoms with E-state index in [1.54, 1.807) is 17.9 Å². The minimum Gasteiger partial charge on any atom is -0.496 e. The van der Waals surface area contributed by atoms with Crippen LogP contribution in [0.15, 0.2) is 30.3 Å². The molecule has 2 rings (SSSR count). The Kier molecular flexibility index (Phi) is 6.56. The third-order valence-electron chi connectivity index (χ3n) is 3.75. The Hall–Kier alpha value is -2.83. The molecule has 7 nitrogen and oxygen atoms in total.